The number of piperazine rings is 1. The predicted molar refractivity (Wildman–Crippen MR) is 61.7 cm³/mol. The molecule has 1 rings (SSSR count). The molecule has 1 N–H and O–H groups in total. The van der Waals surface area contributed by atoms with Crippen molar-refractivity contribution in [1.29, 1.82) is 10.5 Å². The molecule has 6 heteroatoms. The van der Waals surface area contributed by atoms with Crippen molar-refractivity contribution >= 4 is 5.91 Å². The number of nitriles is 2. The van der Waals surface area contributed by atoms with Crippen LogP contribution in [-0.2, 0) is 4.79 Å². The lowest BCUT2D eigenvalue weighted by Gasteiger charge is -2.33. The van der Waals surface area contributed by atoms with Crippen molar-refractivity contribution in [3.05, 3.63) is 0 Å². The van der Waals surface area contributed by atoms with Gasteiger partial charge in [-0.15, -0.1) is 0 Å². The molecular weight excluding hydrogens is 218 g/mol. The molecule has 1 saturated heterocycles. The zero-order valence-corrected chi connectivity index (χ0v) is 10.0. The summed E-state index contributed by atoms with van der Waals surface area (Å²) in [4.78, 5) is 15.5. The van der Waals surface area contributed by atoms with Gasteiger partial charge in [0.2, 0.25) is 5.91 Å². The fourth-order valence-electron chi connectivity index (χ4n) is 1.87. The molecule has 1 aliphatic heterocycles. The summed E-state index contributed by atoms with van der Waals surface area (Å²) in [6, 6.07) is 3.56. The molecule has 0 aromatic carbocycles. The lowest BCUT2D eigenvalue weighted by molar-refractivity contribution is -0.135. The summed E-state index contributed by atoms with van der Waals surface area (Å²) in [6.07, 6.45) is 0. The number of rotatable bonds is 4. The largest absolute Gasteiger partial charge is 0.315 e. The maximum atomic E-state index is 12.1. The Labute approximate surface area is 101 Å². The Morgan fingerprint density at radius 3 is 2.35 bits per heavy atom. The molecule has 0 aromatic heterocycles. The van der Waals surface area contributed by atoms with Gasteiger partial charge in [0.15, 0.2) is 0 Å². The van der Waals surface area contributed by atoms with Crippen molar-refractivity contribution in [1.82, 2.24) is 15.1 Å². The van der Waals surface area contributed by atoms with E-state index in [1.54, 1.807) is 0 Å². The molecule has 1 unspecified atom stereocenters. The smallest absolute Gasteiger partial charge is 0.241 e. The van der Waals surface area contributed by atoms with Gasteiger partial charge in [-0.2, -0.15) is 10.5 Å². The van der Waals surface area contributed by atoms with Crippen LogP contribution in [0.3, 0.4) is 0 Å². The van der Waals surface area contributed by atoms with E-state index in [0.717, 1.165) is 26.2 Å². The lowest BCUT2D eigenvalue weighted by atomic mass is 10.2. The van der Waals surface area contributed by atoms with Crippen LogP contribution in [0.4, 0.5) is 0 Å². The van der Waals surface area contributed by atoms with Crippen LogP contribution in [-0.4, -0.2) is 61.0 Å². The van der Waals surface area contributed by atoms with Crippen molar-refractivity contribution in [2.24, 2.45) is 0 Å². The standard InChI is InChI=1S/C11H17N5O/c1-10(15-8-4-14-5-9-15)11(17)16(6-2-12)7-3-13/h10,14H,4-9H2,1H3. The second-order valence-electron chi connectivity index (χ2n) is 3.97. The van der Waals surface area contributed by atoms with Crippen molar-refractivity contribution in [2.45, 2.75) is 13.0 Å². The molecule has 1 amide bonds. The monoisotopic (exact) mass is 235 g/mol. The molecule has 92 valence electrons. The second-order valence-corrected chi connectivity index (χ2v) is 3.97. The summed E-state index contributed by atoms with van der Waals surface area (Å²) >= 11 is 0. The van der Waals surface area contributed by atoms with Crippen molar-refractivity contribution in [3.8, 4) is 12.1 Å². The van der Waals surface area contributed by atoms with Crippen LogP contribution >= 0.6 is 0 Å². The number of hydrogen-bond donors (Lipinski definition) is 1. The Morgan fingerprint density at radius 1 is 1.35 bits per heavy atom. The third-order valence-electron chi connectivity index (χ3n) is 2.89. The number of carbonyl (C=O) groups is 1. The molecular formula is C11H17N5O. The summed E-state index contributed by atoms with van der Waals surface area (Å²) in [7, 11) is 0. The first-order valence-corrected chi connectivity index (χ1v) is 5.68. The number of amides is 1. The molecule has 0 aliphatic carbocycles. The zero-order valence-electron chi connectivity index (χ0n) is 10.0. The number of hydrogen-bond acceptors (Lipinski definition) is 5. The van der Waals surface area contributed by atoms with E-state index in [9.17, 15) is 4.79 Å². The van der Waals surface area contributed by atoms with Gasteiger partial charge in [0.1, 0.15) is 13.1 Å². The molecule has 1 aliphatic rings. The van der Waals surface area contributed by atoms with E-state index in [2.05, 4.69) is 10.2 Å². The van der Waals surface area contributed by atoms with Crippen molar-refractivity contribution in [2.75, 3.05) is 39.3 Å². The topological polar surface area (TPSA) is 83.2 Å². The van der Waals surface area contributed by atoms with Gasteiger partial charge < -0.3 is 10.2 Å². The minimum absolute atomic E-state index is 0.0250. The molecule has 6 nitrogen and oxygen atoms in total. The molecule has 0 saturated carbocycles. The van der Waals surface area contributed by atoms with Crippen molar-refractivity contribution < 1.29 is 4.79 Å². The first kappa shape index (κ1) is 13.4. The molecule has 0 spiro atoms. The maximum Gasteiger partial charge on any atom is 0.241 e. The number of nitrogens with zero attached hydrogens (tertiary/aromatic N) is 4. The van der Waals surface area contributed by atoms with Gasteiger partial charge in [0.05, 0.1) is 18.2 Å². The fourth-order valence-corrected chi connectivity index (χ4v) is 1.87. The van der Waals surface area contributed by atoms with Crippen molar-refractivity contribution in [3.63, 3.8) is 0 Å². The number of nitrogens with one attached hydrogen (secondary N) is 1. The van der Waals surface area contributed by atoms with Crippen LogP contribution in [0.2, 0.25) is 0 Å². The van der Waals surface area contributed by atoms with Crippen LogP contribution in [0.25, 0.3) is 0 Å². The Morgan fingerprint density at radius 2 is 1.88 bits per heavy atom. The Hall–Kier alpha value is -1.63. The van der Waals surface area contributed by atoms with E-state index in [4.69, 9.17) is 10.5 Å². The van der Waals surface area contributed by atoms with Gasteiger partial charge in [-0.05, 0) is 6.92 Å². The summed E-state index contributed by atoms with van der Waals surface area (Å²) in [6.45, 7) is 5.16. The predicted octanol–water partition coefficient (Wildman–Crippen LogP) is -0.844. The average Bonchev–Trinajstić information content (AvgIpc) is 2.38. The average molecular weight is 235 g/mol. The highest BCUT2D eigenvalue weighted by atomic mass is 16.2. The van der Waals surface area contributed by atoms with E-state index in [1.807, 2.05) is 19.1 Å². The fraction of sp³-hybridized carbons (Fsp3) is 0.727. The van der Waals surface area contributed by atoms with E-state index in [1.165, 1.54) is 4.90 Å². The van der Waals surface area contributed by atoms with E-state index < -0.39 is 0 Å². The molecule has 17 heavy (non-hydrogen) atoms. The molecule has 0 aromatic rings. The molecule has 0 bridgehead atoms. The summed E-state index contributed by atoms with van der Waals surface area (Å²) < 4.78 is 0. The van der Waals surface area contributed by atoms with E-state index in [-0.39, 0.29) is 25.0 Å². The summed E-state index contributed by atoms with van der Waals surface area (Å²) in [5, 5.41) is 20.5. The number of carbonyl (C=O) groups excluding carboxylic acids is 1. The Balaban J connectivity index is 2.59. The maximum absolute atomic E-state index is 12.1. The van der Waals surface area contributed by atoms with Crippen LogP contribution in [0.1, 0.15) is 6.92 Å². The molecule has 1 atom stereocenters. The first-order chi connectivity index (χ1) is 8.20. The highest BCUT2D eigenvalue weighted by Crippen LogP contribution is 2.05. The van der Waals surface area contributed by atoms with E-state index in [0.29, 0.717) is 0 Å². The lowest BCUT2D eigenvalue weighted by Crippen LogP contribution is -2.53. The van der Waals surface area contributed by atoms with Gasteiger partial charge in [-0.3, -0.25) is 9.69 Å². The third kappa shape index (κ3) is 3.70. The Kier molecular flexibility index (Phi) is 5.41. The Bertz CT molecular complexity index is 321. The van der Waals surface area contributed by atoms with Gasteiger partial charge in [-0.25, -0.2) is 0 Å². The zero-order chi connectivity index (χ0) is 12.7. The minimum Gasteiger partial charge on any atom is -0.315 e. The summed E-state index contributed by atoms with van der Waals surface area (Å²) in [5.41, 5.74) is 0. The van der Waals surface area contributed by atoms with Gasteiger partial charge in [0, 0.05) is 26.2 Å². The van der Waals surface area contributed by atoms with Gasteiger partial charge in [0.25, 0.3) is 0 Å². The highest BCUT2D eigenvalue weighted by Gasteiger charge is 2.26. The second kappa shape index (κ2) is 6.85. The molecule has 0 radical (unpaired) electrons. The van der Waals surface area contributed by atoms with Crippen LogP contribution in [0.15, 0.2) is 0 Å². The first-order valence-electron chi connectivity index (χ1n) is 5.68. The van der Waals surface area contributed by atoms with Crippen LogP contribution in [0.5, 0.6) is 0 Å². The quantitative estimate of drug-likeness (QED) is 0.642. The van der Waals surface area contributed by atoms with Gasteiger partial charge >= 0.3 is 0 Å². The van der Waals surface area contributed by atoms with E-state index >= 15 is 0 Å². The van der Waals surface area contributed by atoms with Crippen LogP contribution < -0.4 is 5.32 Å². The molecule has 1 fully saturated rings. The third-order valence-corrected chi connectivity index (χ3v) is 2.89. The summed E-state index contributed by atoms with van der Waals surface area (Å²) in [5.74, 6) is -0.144. The van der Waals surface area contributed by atoms with Crippen LogP contribution in [0, 0.1) is 22.7 Å². The highest BCUT2D eigenvalue weighted by molar-refractivity contribution is 5.82. The van der Waals surface area contributed by atoms with Gasteiger partial charge in [-0.1, -0.05) is 0 Å². The molecule has 1 heterocycles. The minimum atomic E-state index is -0.265. The normalized spacial score (nSPS) is 17.8. The SMILES string of the molecule is CC(C(=O)N(CC#N)CC#N)N1CCNCC1.